The van der Waals surface area contributed by atoms with Crippen LogP contribution in [-0.4, -0.2) is 34.0 Å². The highest BCUT2D eigenvalue weighted by molar-refractivity contribution is 6.19. The number of hydrogen-bond donors (Lipinski definition) is 1. The summed E-state index contributed by atoms with van der Waals surface area (Å²) in [6, 6.07) is 22.6. The van der Waals surface area contributed by atoms with Crippen LogP contribution < -0.4 is 5.32 Å². The van der Waals surface area contributed by atoms with Crippen molar-refractivity contribution in [2.75, 3.05) is 5.32 Å². The van der Waals surface area contributed by atoms with E-state index in [4.69, 9.17) is 6.36 Å². The molecule has 6 nitrogen and oxygen atoms in total. The number of amides is 1. The van der Waals surface area contributed by atoms with Crippen molar-refractivity contribution in [1.82, 2.24) is 10.0 Å². The molecular formula is C27H20FN5O. The van der Waals surface area contributed by atoms with Crippen LogP contribution in [0.25, 0.3) is 0 Å². The lowest BCUT2D eigenvalue weighted by molar-refractivity contribution is -0.126. The molecule has 3 aliphatic rings. The number of carbonyl (C=O) groups is 1. The van der Waals surface area contributed by atoms with E-state index in [-0.39, 0.29) is 17.5 Å². The number of hydrogen-bond acceptors (Lipinski definition) is 5. The van der Waals surface area contributed by atoms with Crippen molar-refractivity contribution in [3.8, 4) is 0 Å². The van der Waals surface area contributed by atoms with Gasteiger partial charge < -0.3 is 5.32 Å². The summed E-state index contributed by atoms with van der Waals surface area (Å²) in [5.41, 5.74) is 3.16. The molecule has 6 rings (SSSR count). The molecule has 3 heterocycles. The second kappa shape index (κ2) is 8.20. The first-order valence-corrected chi connectivity index (χ1v) is 10.9. The number of halogens is 1. The highest BCUT2D eigenvalue weighted by Crippen LogP contribution is 2.39. The maximum atomic E-state index is 15.0. The second-order valence-electron chi connectivity index (χ2n) is 7.99. The molecule has 7 heteroatoms. The predicted molar refractivity (Wildman–Crippen MR) is 129 cm³/mol. The Hall–Kier alpha value is -4.36. The normalized spacial score (nSPS) is 22.0. The van der Waals surface area contributed by atoms with Crippen molar-refractivity contribution >= 4 is 23.5 Å². The molecule has 3 aromatic carbocycles. The number of rotatable bonds is 3. The van der Waals surface area contributed by atoms with E-state index in [1.165, 1.54) is 6.07 Å². The van der Waals surface area contributed by atoms with E-state index >= 15 is 4.39 Å². The van der Waals surface area contributed by atoms with Gasteiger partial charge in [0.25, 0.3) is 5.91 Å². The van der Waals surface area contributed by atoms with Crippen molar-refractivity contribution in [2.45, 2.75) is 12.2 Å². The molecule has 3 aromatic rings. The van der Waals surface area contributed by atoms with E-state index in [2.05, 4.69) is 10.3 Å². The zero-order valence-corrected chi connectivity index (χ0v) is 18.0. The fourth-order valence-corrected chi connectivity index (χ4v) is 4.39. The van der Waals surface area contributed by atoms with Crippen LogP contribution in [0.5, 0.6) is 0 Å². The summed E-state index contributed by atoms with van der Waals surface area (Å²) in [7, 11) is 0. The summed E-state index contributed by atoms with van der Waals surface area (Å²) >= 11 is 0. The van der Waals surface area contributed by atoms with E-state index in [1.54, 1.807) is 46.7 Å². The van der Waals surface area contributed by atoms with Crippen molar-refractivity contribution in [2.24, 2.45) is 9.98 Å². The second-order valence-corrected chi connectivity index (χ2v) is 7.99. The van der Waals surface area contributed by atoms with Crippen molar-refractivity contribution < 1.29 is 10.6 Å². The molecule has 1 unspecified atom stereocenters. The number of aliphatic imine (C=N–C) groups is 2. The molecule has 166 valence electrons. The van der Waals surface area contributed by atoms with Gasteiger partial charge in [-0.3, -0.25) is 14.8 Å². The van der Waals surface area contributed by atoms with Gasteiger partial charge in [-0.05, 0) is 24.3 Å². The van der Waals surface area contributed by atoms with E-state index in [1.807, 2.05) is 54.6 Å². The minimum Gasteiger partial charge on any atom is -0.322 e. The molecule has 0 bridgehead atoms. The molecule has 34 heavy (non-hydrogen) atoms. The van der Waals surface area contributed by atoms with Gasteiger partial charge in [-0.1, -0.05) is 66.7 Å². The van der Waals surface area contributed by atoms with Crippen molar-refractivity contribution in [3.63, 3.8) is 0 Å². The highest BCUT2D eigenvalue weighted by atomic mass is 19.1. The molecule has 0 spiro atoms. The van der Waals surface area contributed by atoms with Crippen LogP contribution in [0.3, 0.4) is 0 Å². The number of nitrogens with zero attached hydrogens (tertiary/aromatic N) is 4. The number of hydrazine groups is 1. The fourth-order valence-electron chi connectivity index (χ4n) is 4.39. The minimum atomic E-state index is -1.10. The lowest BCUT2D eigenvalue weighted by atomic mass is 10.0. The van der Waals surface area contributed by atoms with Gasteiger partial charge in [0, 0.05) is 29.1 Å². The Balaban J connectivity index is 1.55. The lowest BCUT2D eigenvalue weighted by Gasteiger charge is -2.36. The number of para-hydroxylation sites is 1. The topological polar surface area (TPSA) is 60.3 Å². The Labute approximate surface area is 197 Å². The smallest absolute Gasteiger partial charge is 0.265 e. The SMILES string of the molecule is [2H]C1=C2N=CC=CN2N([C@@H]2N=C(c3ccccc3)c3ccccc3NC2=O)C1c1ccccc1F. The van der Waals surface area contributed by atoms with Gasteiger partial charge in [0.15, 0.2) is 6.17 Å². The molecule has 0 radical (unpaired) electrons. The Kier molecular flexibility index (Phi) is 4.62. The van der Waals surface area contributed by atoms with E-state index in [9.17, 15) is 4.79 Å². The monoisotopic (exact) mass is 450 g/mol. The Morgan fingerprint density at radius 2 is 1.74 bits per heavy atom. The van der Waals surface area contributed by atoms with Crippen LogP contribution in [-0.2, 0) is 4.79 Å². The molecular weight excluding hydrogens is 429 g/mol. The molecule has 1 N–H and O–H groups in total. The Bertz CT molecular complexity index is 1450. The van der Waals surface area contributed by atoms with Gasteiger partial charge in [-0.15, -0.1) is 0 Å². The summed E-state index contributed by atoms with van der Waals surface area (Å²) in [5, 5.41) is 6.22. The molecule has 0 aromatic heterocycles. The summed E-state index contributed by atoms with van der Waals surface area (Å²) in [4.78, 5) is 23.0. The molecule has 3 aliphatic heterocycles. The lowest BCUT2D eigenvalue weighted by Crippen LogP contribution is -2.48. The summed E-state index contributed by atoms with van der Waals surface area (Å²) in [6.45, 7) is 0. The Morgan fingerprint density at radius 1 is 0.971 bits per heavy atom. The number of fused-ring (bicyclic) bond motifs is 2. The first-order valence-electron chi connectivity index (χ1n) is 11.4. The minimum absolute atomic E-state index is 0.0849. The third-order valence-corrected chi connectivity index (χ3v) is 5.93. The number of benzodiazepines with no additional fused rings is 1. The summed E-state index contributed by atoms with van der Waals surface area (Å²) in [6.07, 6.45) is 3.89. The van der Waals surface area contributed by atoms with Crippen molar-refractivity contribution in [1.29, 1.82) is 0 Å². The molecule has 1 amide bonds. The predicted octanol–water partition coefficient (Wildman–Crippen LogP) is 4.65. The van der Waals surface area contributed by atoms with E-state index < -0.39 is 18.0 Å². The standard InChI is InChI=1S/C27H20FN5O/c28-21-13-6-4-11-19(21)23-17-24-29-15-8-16-32(24)33(23)26-27(34)30-22-14-7-5-12-20(22)25(31-26)18-9-2-1-3-10-18/h1-17,23,26H,(H,30,34)/t23?,26-/m0/s1/i17D. The van der Waals surface area contributed by atoms with Crippen LogP contribution in [0.1, 0.15) is 24.1 Å². The number of carbonyl (C=O) groups excluding carboxylic acids is 1. The number of anilines is 1. The van der Waals surface area contributed by atoms with Gasteiger partial charge in [0.05, 0.1) is 18.8 Å². The average Bonchev–Trinajstić information content (AvgIpc) is 3.08. The molecule has 0 fully saturated rings. The van der Waals surface area contributed by atoms with Crippen molar-refractivity contribution in [3.05, 3.63) is 126 Å². The largest absolute Gasteiger partial charge is 0.322 e. The zero-order chi connectivity index (χ0) is 23.9. The quantitative estimate of drug-likeness (QED) is 0.632. The van der Waals surface area contributed by atoms with E-state index in [0.717, 1.165) is 11.1 Å². The van der Waals surface area contributed by atoms with Gasteiger partial charge in [-0.25, -0.2) is 9.38 Å². The summed E-state index contributed by atoms with van der Waals surface area (Å²) in [5.74, 6) is -0.529. The highest BCUT2D eigenvalue weighted by Gasteiger charge is 2.43. The van der Waals surface area contributed by atoms with Crippen LogP contribution in [0.4, 0.5) is 10.1 Å². The maximum absolute atomic E-state index is 15.0. The molecule has 0 saturated carbocycles. The van der Waals surface area contributed by atoms with Gasteiger partial charge in [0.1, 0.15) is 11.6 Å². The zero-order valence-electron chi connectivity index (χ0n) is 19.0. The molecule has 2 atom stereocenters. The number of benzene rings is 3. The number of nitrogens with one attached hydrogen (secondary N) is 1. The Morgan fingerprint density at radius 3 is 2.59 bits per heavy atom. The first-order chi connectivity index (χ1) is 17.1. The van der Waals surface area contributed by atoms with Gasteiger partial charge in [0.2, 0.25) is 0 Å². The van der Waals surface area contributed by atoms with Crippen LogP contribution in [0.15, 0.2) is 113 Å². The van der Waals surface area contributed by atoms with Crippen LogP contribution >= 0.6 is 0 Å². The van der Waals surface area contributed by atoms with Crippen LogP contribution in [0, 0.1) is 5.82 Å². The summed E-state index contributed by atoms with van der Waals surface area (Å²) < 4.78 is 23.9. The average molecular weight is 450 g/mol. The molecule has 0 saturated heterocycles. The van der Waals surface area contributed by atoms with Gasteiger partial charge in [-0.2, -0.15) is 5.01 Å². The molecule has 0 aliphatic carbocycles. The third-order valence-electron chi connectivity index (χ3n) is 5.93. The van der Waals surface area contributed by atoms with E-state index in [0.29, 0.717) is 17.2 Å². The van der Waals surface area contributed by atoms with Gasteiger partial charge >= 0.3 is 0 Å². The third kappa shape index (κ3) is 3.34. The van der Waals surface area contributed by atoms with Crippen LogP contribution in [0.2, 0.25) is 0 Å². The first kappa shape index (κ1) is 19.1. The fraction of sp³-hybridized carbons (Fsp3) is 0.0741. The number of allylic oxidation sites excluding steroid dienone is 1. The maximum Gasteiger partial charge on any atom is 0.265 e.